The van der Waals surface area contributed by atoms with E-state index in [1.807, 2.05) is 31.2 Å². The lowest BCUT2D eigenvalue weighted by Crippen LogP contribution is -2.31. The van der Waals surface area contributed by atoms with E-state index in [-0.39, 0.29) is 11.8 Å². The van der Waals surface area contributed by atoms with Gasteiger partial charge in [0, 0.05) is 42.8 Å². The van der Waals surface area contributed by atoms with Gasteiger partial charge in [0.2, 0.25) is 5.91 Å². The molecule has 0 spiro atoms. The number of nitrogens with one attached hydrogen (secondary N) is 2. The molecule has 0 aliphatic heterocycles. The van der Waals surface area contributed by atoms with Crippen LogP contribution in [0.3, 0.4) is 0 Å². The van der Waals surface area contributed by atoms with Crippen LogP contribution in [0.5, 0.6) is 0 Å². The summed E-state index contributed by atoms with van der Waals surface area (Å²) in [5.74, 6) is -0.0622. The van der Waals surface area contributed by atoms with Gasteiger partial charge in [-0.2, -0.15) is 0 Å². The maximum atomic E-state index is 12.4. The number of amides is 2. The van der Waals surface area contributed by atoms with E-state index in [2.05, 4.69) is 20.6 Å². The molecule has 2 aliphatic carbocycles. The molecule has 7 nitrogen and oxygen atoms in total. The van der Waals surface area contributed by atoms with Crippen LogP contribution >= 0.6 is 0 Å². The third-order valence-electron chi connectivity index (χ3n) is 5.94. The Bertz CT molecular complexity index is 1080. The molecule has 2 fully saturated rings. The molecule has 0 saturated heterocycles. The first-order chi connectivity index (χ1) is 15.0. The number of carbonyl (C=O) groups is 2. The topological polar surface area (TPSA) is 109 Å². The van der Waals surface area contributed by atoms with Crippen molar-refractivity contribution in [2.75, 3.05) is 7.05 Å². The molecule has 0 atom stereocenters. The summed E-state index contributed by atoms with van der Waals surface area (Å²) in [7, 11) is 1.65. The van der Waals surface area contributed by atoms with Crippen LogP contribution in [0.2, 0.25) is 0 Å². The highest BCUT2D eigenvalue weighted by molar-refractivity contribution is 6.11. The Labute approximate surface area is 181 Å². The highest BCUT2D eigenvalue weighted by atomic mass is 16.2. The summed E-state index contributed by atoms with van der Waals surface area (Å²) in [6.07, 6.45) is 10.2. The predicted molar refractivity (Wildman–Crippen MR) is 121 cm³/mol. The van der Waals surface area contributed by atoms with E-state index >= 15 is 0 Å². The molecular formula is C24H27N5O2. The van der Waals surface area contributed by atoms with Gasteiger partial charge in [0.25, 0.3) is 5.91 Å². The smallest absolute Gasteiger partial charge is 0.251 e. The van der Waals surface area contributed by atoms with Crippen molar-refractivity contribution >= 4 is 29.3 Å². The second-order valence-corrected chi connectivity index (χ2v) is 8.25. The molecule has 1 aromatic carbocycles. The SMILES string of the molecule is CNC(=O)C1(c2cncc(N=CC(=CN)c3cc(C(=O)NC4CC4)ccc3C)c2)CC1. The second kappa shape index (κ2) is 8.34. The predicted octanol–water partition coefficient (Wildman–Crippen LogP) is 2.76. The molecule has 0 unspecified atom stereocenters. The Kier molecular flexibility index (Phi) is 5.59. The van der Waals surface area contributed by atoms with Crippen molar-refractivity contribution in [1.82, 2.24) is 15.6 Å². The van der Waals surface area contributed by atoms with E-state index in [1.54, 1.807) is 25.7 Å². The summed E-state index contributed by atoms with van der Waals surface area (Å²) in [5.41, 5.74) is 10.1. The normalized spacial score (nSPS) is 17.4. The molecule has 7 heteroatoms. The third-order valence-corrected chi connectivity index (χ3v) is 5.94. The summed E-state index contributed by atoms with van der Waals surface area (Å²) in [6, 6.07) is 7.77. The van der Waals surface area contributed by atoms with E-state index in [0.29, 0.717) is 22.9 Å². The summed E-state index contributed by atoms with van der Waals surface area (Å²) in [4.78, 5) is 33.5. The number of nitrogens with zero attached hydrogens (tertiary/aromatic N) is 2. The standard InChI is InChI=1S/C24H27N5O2/c1-15-3-4-16(22(30)29-19-5-6-19)9-21(15)17(11-25)12-28-20-10-18(13-27-14-20)24(7-8-24)23(31)26-2/h3-4,9-14,19H,5-8,25H2,1-2H3,(H,26,31)(H,29,30). The number of likely N-dealkylation sites (N-methyl/N-ethyl adjacent to an activating group) is 1. The van der Waals surface area contributed by atoms with E-state index in [0.717, 1.165) is 42.4 Å². The van der Waals surface area contributed by atoms with E-state index < -0.39 is 5.41 Å². The van der Waals surface area contributed by atoms with Gasteiger partial charge in [0.15, 0.2) is 0 Å². The van der Waals surface area contributed by atoms with Crippen LogP contribution in [0.25, 0.3) is 5.57 Å². The maximum Gasteiger partial charge on any atom is 0.251 e. The average Bonchev–Trinajstić information content (AvgIpc) is 3.70. The number of hydrogen-bond acceptors (Lipinski definition) is 5. The summed E-state index contributed by atoms with van der Waals surface area (Å²) in [6.45, 7) is 1.97. The lowest BCUT2D eigenvalue weighted by Gasteiger charge is -2.13. The number of nitrogens with two attached hydrogens (primary N) is 1. The molecule has 2 amide bonds. The lowest BCUT2D eigenvalue weighted by atomic mass is 9.96. The highest BCUT2D eigenvalue weighted by Gasteiger charge is 2.51. The first kappa shape index (κ1) is 20.8. The highest BCUT2D eigenvalue weighted by Crippen LogP contribution is 2.48. The van der Waals surface area contributed by atoms with Gasteiger partial charge in [-0.1, -0.05) is 6.07 Å². The van der Waals surface area contributed by atoms with Gasteiger partial charge in [0.05, 0.1) is 17.3 Å². The Morgan fingerprint density at radius 1 is 1.23 bits per heavy atom. The molecule has 4 N–H and O–H groups in total. The van der Waals surface area contributed by atoms with E-state index in [4.69, 9.17) is 5.73 Å². The van der Waals surface area contributed by atoms with Gasteiger partial charge < -0.3 is 16.4 Å². The van der Waals surface area contributed by atoms with Gasteiger partial charge in [0.1, 0.15) is 0 Å². The van der Waals surface area contributed by atoms with Crippen molar-refractivity contribution in [1.29, 1.82) is 0 Å². The van der Waals surface area contributed by atoms with Crippen LogP contribution in [0, 0.1) is 6.92 Å². The zero-order valence-corrected chi connectivity index (χ0v) is 17.8. The lowest BCUT2D eigenvalue weighted by molar-refractivity contribution is -0.123. The Balaban J connectivity index is 1.57. The fourth-order valence-electron chi connectivity index (χ4n) is 3.69. The molecule has 2 saturated carbocycles. The number of benzene rings is 1. The monoisotopic (exact) mass is 417 g/mol. The molecule has 4 rings (SSSR count). The van der Waals surface area contributed by atoms with Crippen molar-refractivity contribution < 1.29 is 9.59 Å². The van der Waals surface area contributed by atoms with Crippen molar-refractivity contribution in [3.05, 3.63) is 65.1 Å². The second-order valence-electron chi connectivity index (χ2n) is 8.25. The average molecular weight is 418 g/mol. The molecule has 1 aromatic heterocycles. The Morgan fingerprint density at radius 3 is 2.65 bits per heavy atom. The zero-order chi connectivity index (χ0) is 22.0. The van der Waals surface area contributed by atoms with Crippen molar-refractivity contribution in [3.63, 3.8) is 0 Å². The minimum Gasteiger partial charge on any atom is -0.404 e. The van der Waals surface area contributed by atoms with Crippen LogP contribution in [0.1, 0.15) is 52.7 Å². The molecule has 2 aromatic rings. The van der Waals surface area contributed by atoms with Crippen molar-refractivity contribution in [3.8, 4) is 0 Å². The maximum absolute atomic E-state index is 12.4. The van der Waals surface area contributed by atoms with Gasteiger partial charge >= 0.3 is 0 Å². The van der Waals surface area contributed by atoms with Gasteiger partial charge in [-0.3, -0.25) is 19.6 Å². The fraction of sp³-hybridized carbons (Fsp3) is 0.333. The molecule has 160 valence electrons. The first-order valence-corrected chi connectivity index (χ1v) is 10.5. The fourth-order valence-corrected chi connectivity index (χ4v) is 3.69. The van der Waals surface area contributed by atoms with Crippen molar-refractivity contribution in [2.24, 2.45) is 10.7 Å². The first-order valence-electron chi connectivity index (χ1n) is 10.5. The third kappa shape index (κ3) is 4.35. The van der Waals surface area contributed by atoms with Crippen LogP contribution in [-0.2, 0) is 10.2 Å². The van der Waals surface area contributed by atoms with Crippen LogP contribution in [0.15, 0.2) is 47.9 Å². The number of allylic oxidation sites excluding steroid dienone is 1. The number of aliphatic imine (C=N–C) groups is 1. The Hall–Kier alpha value is -3.48. The molecular weight excluding hydrogens is 390 g/mol. The van der Waals surface area contributed by atoms with Crippen molar-refractivity contribution in [2.45, 2.75) is 44.1 Å². The number of carbonyl (C=O) groups excluding carboxylic acids is 2. The summed E-state index contributed by atoms with van der Waals surface area (Å²) < 4.78 is 0. The number of hydrogen-bond donors (Lipinski definition) is 3. The number of aryl methyl sites for hydroxylation is 1. The largest absolute Gasteiger partial charge is 0.404 e. The van der Waals surface area contributed by atoms with Gasteiger partial charge in [-0.05, 0) is 67.5 Å². The summed E-state index contributed by atoms with van der Waals surface area (Å²) >= 11 is 0. The molecule has 0 bridgehead atoms. The van der Waals surface area contributed by atoms with Crippen LogP contribution < -0.4 is 16.4 Å². The molecule has 31 heavy (non-hydrogen) atoms. The molecule has 2 aliphatic rings. The van der Waals surface area contributed by atoms with Crippen LogP contribution in [0.4, 0.5) is 5.69 Å². The number of aromatic nitrogens is 1. The number of pyridine rings is 1. The number of rotatable bonds is 7. The molecule has 0 radical (unpaired) electrons. The zero-order valence-electron chi connectivity index (χ0n) is 17.8. The Morgan fingerprint density at radius 2 is 2.00 bits per heavy atom. The van der Waals surface area contributed by atoms with Gasteiger partial charge in [-0.15, -0.1) is 0 Å². The minimum absolute atomic E-state index is 0.00915. The van der Waals surface area contributed by atoms with Gasteiger partial charge in [-0.25, -0.2) is 0 Å². The molecule has 1 heterocycles. The van der Waals surface area contributed by atoms with Crippen LogP contribution in [-0.4, -0.2) is 36.1 Å². The van der Waals surface area contributed by atoms with E-state index in [9.17, 15) is 9.59 Å². The van der Waals surface area contributed by atoms with E-state index in [1.165, 1.54) is 6.20 Å². The quantitative estimate of drug-likeness (QED) is 0.602. The summed E-state index contributed by atoms with van der Waals surface area (Å²) in [5, 5.41) is 5.75. The minimum atomic E-state index is -0.486.